The number of amides is 2. The lowest BCUT2D eigenvalue weighted by Crippen LogP contribution is -2.32. The van der Waals surface area contributed by atoms with Gasteiger partial charge < -0.3 is 10.6 Å². The van der Waals surface area contributed by atoms with Gasteiger partial charge in [-0.15, -0.1) is 0 Å². The van der Waals surface area contributed by atoms with Gasteiger partial charge >= 0.3 is 0 Å². The number of anilines is 1. The molecule has 2 aromatic rings. The average molecular weight is 311 g/mol. The van der Waals surface area contributed by atoms with Crippen LogP contribution in [0, 0.1) is 0 Å². The third-order valence-corrected chi connectivity index (χ3v) is 3.39. The van der Waals surface area contributed by atoms with E-state index in [-0.39, 0.29) is 11.8 Å². The molecule has 5 heteroatoms. The topological polar surface area (TPSA) is 61.4 Å². The van der Waals surface area contributed by atoms with Crippen LogP contribution in [0.1, 0.15) is 15.9 Å². The molecular weight excluding hydrogens is 290 g/mol. The van der Waals surface area contributed by atoms with Crippen LogP contribution in [0.15, 0.2) is 54.6 Å². The minimum atomic E-state index is -0.138. The molecule has 2 aromatic carbocycles. The van der Waals surface area contributed by atoms with Gasteiger partial charge in [-0.05, 0) is 36.9 Å². The highest BCUT2D eigenvalue weighted by molar-refractivity contribution is 6.04. The molecule has 0 atom stereocenters. The first-order valence-corrected chi connectivity index (χ1v) is 7.43. The maximum atomic E-state index is 12.2. The highest BCUT2D eigenvalue weighted by Gasteiger charge is 2.08. The van der Waals surface area contributed by atoms with E-state index in [1.54, 1.807) is 19.2 Å². The lowest BCUT2D eigenvalue weighted by atomic mass is 10.1. The number of rotatable bonds is 6. The van der Waals surface area contributed by atoms with Crippen molar-refractivity contribution in [3.63, 3.8) is 0 Å². The van der Waals surface area contributed by atoms with E-state index < -0.39 is 0 Å². The molecule has 0 unspecified atom stereocenters. The van der Waals surface area contributed by atoms with Gasteiger partial charge in [0.2, 0.25) is 5.91 Å². The van der Waals surface area contributed by atoms with Crippen LogP contribution in [-0.2, 0) is 11.3 Å². The zero-order valence-electron chi connectivity index (χ0n) is 13.4. The Morgan fingerprint density at radius 1 is 1.00 bits per heavy atom. The van der Waals surface area contributed by atoms with Crippen LogP contribution >= 0.6 is 0 Å². The van der Waals surface area contributed by atoms with E-state index >= 15 is 0 Å². The van der Waals surface area contributed by atoms with Crippen LogP contribution in [0.4, 0.5) is 5.69 Å². The van der Waals surface area contributed by atoms with Crippen molar-refractivity contribution in [1.29, 1.82) is 0 Å². The van der Waals surface area contributed by atoms with Crippen LogP contribution in [0.5, 0.6) is 0 Å². The first kappa shape index (κ1) is 16.7. The van der Waals surface area contributed by atoms with E-state index in [2.05, 4.69) is 10.6 Å². The van der Waals surface area contributed by atoms with Crippen molar-refractivity contribution in [3.8, 4) is 0 Å². The number of nitrogens with zero attached hydrogens (tertiary/aromatic N) is 1. The van der Waals surface area contributed by atoms with Gasteiger partial charge in [-0.25, -0.2) is 0 Å². The molecule has 0 saturated carbocycles. The molecule has 5 nitrogen and oxygen atoms in total. The van der Waals surface area contributed by atoms with Crippen molar-refractivity contribution in [2.45, 2.75) is 6.54 Å². The second-order valence-corrected chi connectivity index (χ2v) is 5.36. The van der Waals surface area contributed by atoms with Crippen LogP contribution in [0.3, 0.4) is 0 Å². The van der Waals surface area contributed by atoms with E-state index in [0.29, 0.717) is 18.7 Å². The molecule has 120 valence electrons. The smallest absolute Gasteiger partial charge is 0.255 e. The fourth-order valence-electron chi connectivity index (χ4n) is 2.18. The number of nitrogens with one attached hydrogen (secondary N) is 2. The number of carbonyl (C=O) groups excluding carboxylic acids is 2. The molecular formula is C18H21N3O2. The number of hydrogen-bond acceptors (Lipinski definition) is 3. The number of para-hydroxylation sites is 1. The van der Waals surface area contributed by atoms with Crippen LogP contribution in [0.2, 0.25) is 0 Å². The molecule has 2 N–H and O–H groups in total. The summed E-state index contributed by atoms with van der Waals surface area (Å²) < 4.78 is 0. The summed E-state index contributed by atoms with van der Waals surface area (Å²) in [6.07, 6.45) is 0. The Kier molecular flexibility index (Phi) is 5.88. The molecule has 0 fully saturated rings. The van der Waals surface area contributed by atoms with Gasteiger partial charge in [0.25, 0.3) is 5.91 Å². The van der Waals surface area contributed by atoms with Crippen LogP contribution in [0.25, 0.3) is 0 Å². The van der Waals surface area contributed by atoms with Crippen molar-refractivity contribution in [2.75, 3.05) is 26.0 Å². The third-order valence-electron chi connectivity index (χ3n) is 3.39. The molecule has 0 saturated heterocycles. The number of hydrogen-bond donors (Lipinski definition) is 2. The van der Waals surface area contributed by atoms with Crippen molar-refractivity contribution < 1.29 is 9.59 Å². The highest BCUT2D eigenvalue weighted by Crippen LogP contribution is 2.11. The fraction of sp³-hybridized carbons (Fsp3) is 0.222. The summed E-state index contributed by atoms with van der Waals surface area (Å²) in [7, 11) is 3.50. The van der Waals surface area contributed by atoms with E-state index in [4.69, 9.17) is 0 Å². The molecule has 2 amide bonds. The Bertz CT molecular complexity index is 654. The van der Waals surface area contributed by atoms with Crippen molar-refractivity contribution in [2.24, 2.45) is 0 Å². The molecule has 2 rings (SSSR count). The maximum Gasteiger partial charge on any atom is 0.255 e. The van der Waals surface area contributed by atoms with E-state index in [1.165, 1.54) is 0 Å². The fourth-order valence-corrected chi connectivity index (χ4v) is 2.18. The molecule has 0 spiro atoms. The van der Waals surface area contributed by atoms with Gasteiger partial charge in [-0.1, -0.05) is 30.3 Å². The Balaban J connectivity index is 1.93. The summed E-state index contributed by atoms with van der Waals surface area (Å²) in [5, 5.41) is 5.45. The molecule has 0 aromatic heterocycles. The van der Waals surface area contributed by atoms with Crippen molar-refractivity contribution >= 4 is 17.5 Å². The second kappa shape index (κ2) is 8.10. The lowest BCUT2D eigenvalue weighted by Gasteiger charge is -2.15. The number of likely N-dealkylation sites (N-methyl/N-ethyl adjacent to an activating group) is 2. The number of carbonyl (C=O) groups is 2. The predicted molar refractivity (Wildman–Crippen MR) is 91.2 cm³/mol. The van der Waals surface area contributed by atoms with Crippen molar-refractivity contribution in [1.82, 2.24) is 10.2 Å². The Labute approximate surface area is 136 Å². The maximum absolute atomic E-state index is 12.2. The summed E-state index contributed by atoms with van der Waals surface area (Å²) in [6, 6.07) is 16.7. The minimum Gasteiger partial charge on any atom is -0.358 e. The normalized spacial score (nSPS) is 10.4. The van der Waals surface area contributed by atoms with Gasteiger partial charge in [0.05, 0.1) is 6.54 Å². The van der Waals surface area contributed by atoms with Gasteiger partial charge in [-0.2, -0.15) is 0 Å². The Hall–Kier alpha value is -2.66. The van der Waals surface area contributed by atoms with Crippen molar-refractivity contribution in [3.05, 3.63) is 65.7 Å². The van der Waals surface area contributed by atoms with E-state index in [0.717, 1.165) is 11.3 Å². The quantitative estimate of drug-likeness (QED) is 0.859. The first-order chi connectivity index (χ1) is 11.1. The minimum absolute atomic E-state index is 0.0219. The van der Waals surface area contributed by atoms with Gasteiger partial charge in [0.15, 0.2) is 0 Å². The van der Waals surface area contributed by atoms with Gasteiger partial charge in [0.1, 0.15) is 0 Å². The van der Waals surface area contributed by atoms with E-state index in [1.807, 2.05) is 54.4 Å². The second-order valence-electron chi connectivity index (χ2n) is 5.36. The van der Waals surface area contributed by atoms with Crippen LogP contribution in [-0.4, -0.2) is 37.4 Å². The summed E-state index contributed by atoms with van der Waals surface area (Å²) in [4.78, 5) is 25.4. The highest BCUT2D eigenvalue weighted by atomic mass is 16.2. The zero-order chi connectivity index (χ0) is 16.7. The number of benzene rings is 2. The molecule has 0 aliphatic rings. The Morgan fingerprint density at radius 2 is 1.65 bits per heavy atom. The molecule has 0 bridgehead atoms. The van der Waals surface area contributed by atoms with Gasteiger partial charge in [0, 0.05) is 24.8 Å². The lowest BCUT2D eigenvalue weighted by molar-refractivity contribution is -0.121. The van der Waals surface area contributed by atoms with Gasteiger partial charge in [-0.3, -0.25) is 14.5 Å². The largest absolute Gasteiger partial charge is 0.358 e. The average Bonchev–Trinajstić information content (AvgIpc) is 2.56. The molecule has 0 heterocycles. The monoisotopic (exact) mass is 311 g/mol. The molecule has 23 heavy (non-hydrogen) atoms. The summed E-state index contributed by atoms with van der Waals surface area (Å²) in [5.41, 5.74) is 2.42. The third kappa shape index (κ3) is 5.23. The summed E-state index contributed by atoms with van der Waals surface area (Å²) in [5.74, 6) is -0.159. The predicted octanol–water partition coefficient (Wildman–Crippen LogP) is 2.12. The molecule has 0 aliphatic heterocycles. The summed E-state index contributed by atoms with van der Waals surface area (Å²) in [6.45, 7) is 0.987. The van der Waals surface area contributed by atoms with E-state index in [9.17, 15) is 9.59 Å². The molecule has 0 aliphatic carbocycles. The SMILES string of the molecule is CNC(=O)CN(C)Cc1ccc(C(=O)Nc2ccccc2)cc1. The summed E-state index contributed by atoms with van der Waals surface area (Å²) >= 11 is 0. The first-order valence-electron chi connectivity index (χ1n) is 7.43. The standard InChI is InChI=1S/C18H21N3O2/c1-19-17(22)13-21(2)12-14-8-10-15(11-9-14)18(23)20-16-6-4-3-5-7-16/h3-11H,12-13H2,1-2H3,(H,19,22)(H,20,23). The Morgan fingerprint density at radius 3 is 2.26 bits per heavy atom. The zero-order valence-corrected chi connectivity index (χ0v) is 13.4. The van der Waals surface area contributed by atoms with Crippen LogP contribution < -0.4 is 10.6 Å². The molecule has 0 radical (unpaired) electrons.